The van der Waals surface area contributed by atoms with Crippen LogP contribution in [-0.4, -0.2) is 13.7 Å². The van der Waals surface area contributed by atoms with Crippen LogP contribution in [0.25, 0.3) is 10.8 Å². The van der Waals surface area contributed by atoms with Crippen LogP contribution >= 0.6 is 0 Å². The van der Waals surface area contributed by atoms with Crippen LogP contribution in [0.1, 0.15) is 32.3 Å². The molecule has 2 nitrogen and oxygen atoms in total. The van der Waals surface area contributed by atoms with E-state index < -0.39 is 0 Å². The van der Waals surface area contributed by atoms with E-state index in [9.17, 15) is 0 Å². The smallest absolute Gasteiger partial charge is 0.130 e. The first-order valence-electron chi connectivity index (χ1n) is 7.03. The van der Waals surface area contributed by atoms with Crippen LogP contribution in [0.4, 0.5) is 0 Å². The highest BCUT2D eigenvalue weighted by Crippen LogP contribution is 2.36. The van der Waals surface area contributed by atoms with E-state index in [0.29, 0.717) is 0 Å². The van der Waals surface area contributed by atoms with Crippen molar-refractivity contribution in [2.75, 3.05) is 13.7 Å². The zero-order chi connectivity index (χ0) is 13.7. The van der Waals surface area contributed by atoms with Gasteiger partial charge in [0.1, 0.15) is 11.5 Å². The molecule has 2 aromatic rings. The number of methoxy groups -OCH3 is 1. The summed E-state index contributed by atoms with van der Waals surface area (Å²) in [6.45, 7) is 5.09. The maximum absolute atomic E-state index is 5.95. The van der Waals surface area contributed by atoms with Gasteiger partial charge in [0.2, 0.25) is 0 Å². The van der Waals surface area contributed by atoms with Crippen LogP contribution < -0.4 is 9.47 Å². The van der Waals surface area contributed by atoms with Crippen molar-refractivity contribution in [3.8, 4) is 11.5 Å². The van der Waals surface area contributed by atoms with Gasteiger partial charge in [0.05, 0.1) is 13.7 Å². The predicted octanol–water partition coefficient (Wildman–Crippen LogP) is 4.59. The number of unbranched alkanes of at least 4 members (excludes halogenated alkanes) is 1. The van der Waals surface area contributed by atoms with Gasteiger partial charge >= 0.3 is 0 Å². The summed E-state index contributed by atoms with van der Waals surface area (Å²) < 4.78 is 11.5. The molecule has 0 fully saturated rings. The van der Waals surface area contributed by atoms with Crippen LogP contribution in [-0.2, 0) is 6.42 Å². The van der Waals surface area contributed by atoms with Gasteiger partial charge in [-0.2, -0.15) is 0 Å². The monoisotopic (exact) mass is 258 g/mol. The van der Waals surface area contributed by atoms with Crippen LogP contribution in [0.2, 0.25) is 0 Å². The number of hydrogen-bond acceptors (Lipinski definition) is 2. The molecule has 19 heavy (non-hydrogen) atoms. The fraction of sp³-hybridized carbons (Fsp3) is 0.412. The first kappa shape index (κ1) is 13.7. The Hall–Kier alpha value is -1.70. The lowest BCUT2D eigenvalue weighted by molar-refractivity contribution is 0.312. The second kappa shape index (κ2) is 6.46. The van der Waals surface area contributed by atoms with E-state index in [1.807, 2.05) is 12.1 Å². The summed E-state index contributed by atoms with van der Waals surface area (Å²) in [7, 11) is 1.73. The fourth-order valence-electron chi connectivity index (χ4n) is 2.32. The Morgan fingerprint density at radius 3 is 2.42 bits per heavy atom. The minimum atomic E-state index is 0.774. The SMILES string of the molecule is CCCCOc1cc(CC)c(OC)c2ccccc12. The van der Waals surface area contributed by atoms with Gasteiger partial charge in [-0.1, -0.05) is 44.5 Å². The summed E-state index contributed by atoms with van der Waals surface area (Å²) in [6, 6.07) is 10.4. The Kier molecular flexibility index (Phi) is 4.67. The third-order valence-corrected chi connectivity index (χ3v) is 3.37. The largest absolute Gasteiger partial charge is 0.496 e. The molecule has 2 rings (SSSR count). The number of rotatable bonds is 6. The quantitative estimate of drug-likeness (QED) is 0.705. The van der Waals surface area contributed by atoms with Crippen LogP contribution in [0.15, 0.2) is 30.3 Å². The first-order valence-corrected chi connectivity index (χ1v) is 7.03. The Bertz CT molecular complexity index is 546. The number of fused-ring (bicyclic) bond motifs is 1. The number of hydrogen-bond donors (Lipinski definition) is 0. The van der Waals surface area contributed by atoms with Crippen molar-refractivity contribution in [2.24, 2.45) is 0 Å². The van der Waals surface area contributed by atoms with Gasteiger partial charge in [-0.05, 0) is 24.5 Å². The second-order valence-electron chi connectivity index (χ2n) is 4.67. The van der Waals surface area contributed by atoms with Gasteiger partial charge in [0, 0.05) is 10.8 Å². The molecule has 0 aliphatic carbocycles. The van der Waals surface area contributed by atoms with Gasteiger partial charge in [0.25, 0.3) is 0 Å². The van der Waals surface area contributed by atoms with Crippen molar-refractivity contribution in [3.05, 3.63) is 35.9 Å². The number of ether oxygens (including phenoxy) is 2. The minimum absolute atomic E-state index is 0.774. The molecular weight excluding hydrogens is 236 g/mol. The zero-order valence-electron chi connectivity index (χ0n) is 12.0. The zero-order valence-corrected chi connectivity index (χ0v) is 12.0. The average molecular weight is 258 g/mol. The Balaban J connectivity index is 2.50. The highest BCUT2D eigenvalue weighted by molar-refractivity contribution is 5.94. The summed E-state index contributed by atoms with van der Waals surface area (Å²) in [5, 5.41) is 2.27. The molecule has 0 unspecified atom stereocenters. The van der Waals surface area contributed by atoms with Gasteiger partial charge in [0.15, 0.2) is 0 Å². The molecule has 0 radical (unpaired) electrons. The molecule has 0 spiro atoms. The summed E-state index contributed by atoms with van der Waals surface area (Å²) in [6.07, 6.45) is 3.18. The third kappa shape index (κ3) is 2.83. The van der Waals surface area contributed by atoms with E-state index in [1.165, 1.54) is 5.56 Å². The lowest BCUT2D eigenvalue weighted by Crippen LogP contribution is -2.00. The second-order valence-corrected chi connectivity index (χ2v) is 4.67. The highest BCUT2D eigenvalue weighted by atomic mass is 16.5. The van der Waals surface area contributed by atoms with Crippen molar-refractivity contribution in [1.29, 1.82) is 0 Å². The fourth-order valence-corrected chi connectivity index (χ4v) is 2.32. The molecule has 0 bridgehead atoms. The summed E-state index contributed by atoms with van der Waals surface area (Å²) >= 11 is 0. The van der Waals surface area contributed by atoms with Crippen LogP contribution in [0, 0.1) is 0 Å². The van der Waals surface area contributed by atoms with E-state index in [2.05, 4.69) is 32.0 Å². The van der Waals surface area contributed by atoms with Gasteiger partial charge in [-0.25, -0.2) is 0 Å². The topological polar surface area (TPSA) is 18.5 Å². The average Bonchev–Trinajstić information content (AvgIpc) is 2.46. The van der Waals surface area contributed by atoms with Crippen molar-refractivity contribution < 1.29 is 9.47 Å². The Labute approximate surface area is 115 Å². The molecule has 102 valence electrons. The molecule has 0 heterocycles. The molecule has 0 aliphatic rings. The van der Waals surface area contributed by atoms with Crippen LogP contribution in [0.3, 0.4) is 0 Å². The van der Waals surface area contributed by atoms with E-state index in [-0.39, 0.29) is 0 Å². The molecule has 0 saturated heterocycles. The predicted molar refractivity (Wildman–Crippen MR) is 80.3 cm³/mol. The molecule has 0 atom stereocenters. The van der Waals surface area contributed by atoms with Crippen LogP contribution in [0.5, 0.6) is 11.5 Å². The van der Waals surface area contributed by atoms with Gasteiger partial charge < -0.3 is 9.47 Å². The molecule has 0 aromatic heterocycles. The van der Waals surface area contributed by atoms with E-state index in [4.69, 9.17) is 9.47 Å². The van der Waals surface area contributed by atoms with Gasteiger partial charge in [-0.15, -0.1) is 0 Å². The molecule has 2 heteroatoms. The molecule has 0 saturated carbocycles. The number of aryl methyl sites for hydroxylation is 1. The lowest BCUT2D eigenvalue weighted by atomic mass is 10.0. The summed E-state index contributed by atoms with van der Waals surface area (Å²) in [4.78, 5) is 0. The van der Waals surface area contributed by atoms with Gasteiger partial charge in [-0.3, -0.25) is 0 Å². The molecule has 0 N–H and O–H groups in total. The minimum Gasteiger partial charge on any atom is -0.496 e. The lowest BCUT2D eigenvalue weighted by Gasteiger charge is -2.15. The van der Waals surface area contributed by atoms with Crippen molar-refractivity contribution in [3.63, 3.8) is 0 Å². The van der Waals surface area contributed by atoms with E-state index >= 15 is 0 Å². The summed E-state index contributed by atoms with van der Waals surface area (Å²) in [5.41, 5.74) is 1.20. The highest BCUT2D eigenvalue weighted by Gasteiger charge is 2.12. The Morgan fingerprint density at radius 2 is 1.79 bits per heavy atom. The maximum atomic E-state index is 5.95. The van der Waals surface area contributed by atoms with Crippen molar-refractivity contribution in [1.82, 2.24) is 0 Å². The Morgan fingerprint density at radius 1 is 1.05 bits per heavy atom. The van der Waals surface area contributed by atoms with Crippen molar-refractivity contribution >= 4 is 10.8 Å². The third-order valence-electron chi connectivity index (χ3n) is 3.37. The first-order chi connectivity index (χ1) is 9.31. The molecule has 0 aliphatic heterocycles. The summed E-state index contributed by atoms with van der Waals surface area (Å²) in [5.74, 6) is 1.95. The maximum Gasteiger partial charge on any atom is 0.130 e. The van der Waals surface area contributed by atoms with E-state index in [0.717, 1.165) is 48.1 Å². The molecule has 0 amide bonds. The van der Waals surface area contributed by atoms with Crippen molar-refractivity contribution in [2.45, 2.75) is 33.1 Å². The number of benzene rings is 2. The standard InChI is InChI=1S/C17H22O2/c1-4-6-11-19-16-12-13(5-2)17(18-3)15-10-8-7-9-14(15)16/h7-10,12H,4-6,11H2,1-3H3. The van der Waals surface area contributed by atoms with E-state index in [1.54, 1.807) is 7.11 Å². The normalized spacial score (nSPS) is 10.7. The molecular formula is C17H22O2. The molecule has 2 aromatic carbocycles.